The lowest BCUT2D eigenvalue weighted by molar-refractivity contribution is 0.0320. The smallest absolute Gasteiger partial charge is 0.193 e. The highest BCUT2D eigenvalue weighted by Crippen LogP contribution is 2.22. The standard InChI is InChI=1S/C21H35N5O2.HI/c1-18(17-24-11-13-28-14-12-24)16-23-21(22-2)26-9-7-25(8-10-26)19-5-4-6-20(15-19)27-3;/h4-6,15,18H,7-14,16-17H2,1-3H3,(H,22,23);1H. The quantitative estimate of drug-likeness (QED) is 0.354. The summed E-state index contributed by atoms with van der Waals surface area (Å²) in [5.74, 6) is 2.50. The van der Waals surface area contributed by atoms with Crippen molar-refractivity contribution in [2.45, 2.75) is 6.92 Å². The van der Waals surface area contributed by atoms with E-state index in [1.807, 2.05) is 13.1 Å². The molecule has 0 aliphatic carbocycles. The first kappa shape index (κ1) is 24.0. The van der Waals surface area contributed by atoms with Crippen molar-refractivity contribution >= 4 is 35.6 Å². The van der Waals surface area contributed by atoms with Gasteiger partial charge in [-0.1, -0.05) is 13.0 Å². The lowest BCUT2D eigenvalue weighted by atomic mass is 10.1. The van der Waals surface area contributed by atoms with Gasteiger partial charge in [0, 0.05) is 71.2 Å². The van der Waals surface area contributed by atoms with Gasteiger partial charge in [0.1, 0.15) is 5.75 Å². The molecule has 1 atom stereocenters. The highest BCUT2D eigenvalue weighted by molar-refractivity contribution is 14.0. The summed E-state index contributed by atoms with van der Waals surface area (Å²) in [5, 5.41) is 3.58. The lowest BCUT2D eigenvalue weighted by Gasteiger charge is -2.38. The van der Waals surface area contributed by atoms with Gasteiger partial charge in [0.05, 0.1) is 20.3 Å². The van der Waals surface area contributed by atoms with Crippen molar-refractivity contribution < 1.29 is 9.47 Å². The highest BCUT2D eigenvalue weighted by Gasteiger charge is 2.21. The van der Waals surface area contributed by atoms with Crippen molar-refractivity contribution in [3.8, 4) is 5.75 Å². The number of halogens is 1. The summed E-state index contributed by atoms with van der Waals surface area (Å²) in [7, 11) is 3.59. The van der Waals surface area contributed by atoms with Crippen LogP contribution in [0.5, 0.6) is 5.75 Å². The average molecular weight is 517 g/mol. The number of morpholine rings is 1. The Morgan fingerprint density at radius 1 is 1.17 bits per heavy atom. The third kappa shape index (κ3) is 7.18. The summed E-state index contributed by atoms with van der Waals surface area (Å²) < 4.78 is 10.8. The number of hydrogen-bond donors (Lipinski definition) is 1. The summed E-state index contributed by atoms with van der Waals surface area (Å²) in [4.78, 5) is 11.8. The molecule has 8 heteroatoms. The van der Waals surface area contributed by atoms with Gasteiger partial charge in [-0.15, -0.1) is 24.0 Å². The maximum Gasteiger partial charge on any atom is 0.193 e. The van der Waals surface area contributed by atoms with Gasteiger partial charge in [-0.05, 0) is 18.1 Å². The van der Waals surface area contributed by atoms with Crippen LogP contribution in [0.25, 0.3) is 0 Å². The SMILES string of the molecule is CN=C(NCC(C)CN1CCOCC1)N1CCN(c2cccc(OC)c2)CC1.I. The number of nitrogens with one attached hydrogen (secondary N) is 1. The fourth-order valence-electron chi connectivity index (χ4n) is 3.87. The van der Waals surface area contributed by atoms with E-state index in [2.05, 4.69) is 50.1 Å². The minimum absolute atomic E-state index is 0. The molecule has 0 radical (unpaired) electrons. The molecule has 0 bridgehead atoms. The average Bonchev–Trinajstić information content (AvgIpc) is 2.75. The first-order valence-corrected chi connectivity index (χ1v) is 10.3. The maximum atomic E-state index is 5.44. The van der Waals surface area contributed by atoms with Gasteiger partial charge < -0.3 is 24.6 Å². The van der Waals surface area contributed by atoms with Gasteiger partial charge in [-0.25, -0.2) is 0 Å². The summed E-state index contributed by atoms with van der Waals surface area (Å²) in [6.45, 7) is 12.1. The molecule has 29 heavy (non-hydrogen) atoms. The van der Waals surface area contributed by atoms with Crippen LogP contribution < -0.4 is 15.0 Å². The molecule has 164 valence electrons. The summed E-state index contributed by atoms with van der Waals surface area (Å²) in [6, 6.07) is 8.30. The second kappa shape index (κ2) is 12.4. The van der Waals surface area contributed by atoms with Crippen LogP contribution in [0, 0.1) is 5.92 Å². The van der Waals surface area contributed by atoms with Crippen LogP contribution in [0.3, 0.4) is 0 Å². The van der Waals surface area contributed by atoms with Crippen molar-refractivity contribution in [2.24, 2.45) is 10.9 Å². The largest absolute Gasteiger partial charge is 0.497 e. The molecule has 1 N–H and O–H groups in total. The molecule has 2 heterocycles. The van der Waals surface area contributed by atoms with Crippen molar-refractivity contribution in [2.75, 3.05) is 84.6 Å². The number of benzene rings is 1. The first-order chi connectivity index (χ1) is 13.7. The molecular formula is C21H36IN5O2. The van der Waals surface area contributed by atoms with Crippen LogP contribution in [0.4, 0.5) is 5.69 Å². The Hall–Kier alpha value is -1.26. The van der Waals surface area contributed by atoms with Crippen LogP contribution in [0.2, 0.25) is 0 Å². The number of ether oxygens (including phenoxy) is 2. The predicted octanol–water partition coefficient (Wildman–Crippen LogP) is 1.98. The Labute approximate surface area is 192 Å². The molecule has 0 aromatic heterocycles. The zero-order valence-electron chi connectivity index (χ0n) is 18.0. The van der Waals surface area contributed by atoms with E-state index in [0.29, 0.717) is 5.92 Å². The van der Waals surface area contributed by atoms with E-state index in [1.165, 1.54) is 5.69 Å². The number of piperazine rings is 1. The van der Waals surface area contributed by atoms with Gasteiger partial charge in [0.2, 0.25) is 0 Å². The van der Waals surface area contributed by atoms with E-state index in [9.17, 15) is 0 Å². The Kier molecular flexibility index (Phi) is 10.3. The number of anilines is 1. The normalized spacial score (nSPS) is 19.5. The number of rotatable bonds is 6. The molecule has 2 saturated heterocycles. The van der Waals surface area contributed by atoms with Crippen LogP contribution in [-0.2, 0) is 4.74 Å². The Morgan fingerprint density at radius 2 is 1.90 bits per heavy atom. The molecule has 0 spiro atoms. The second-order valence-electron chi connectivity index (χ2n) is 7.62. The molecule has 7 nitrogen and oxygen atoms in total. The van der Waals surface area contributed by atoms with E-state index in [-0.39, 0.29) is 24.0 Å². The Bertz CT molecular complexity index is 631. The van der Waals surface area contributed by atoms with Crippen molar-refractivity contribution in [3.63, 3.8) is 0 Å². The van der Waals surface area contributed by atoms with Gasteiger partial charge in [0.25, 0.3) is 0 Å². The number of hydrogen-bond acceptors (Lipinski definition) is 5. The van der Waals surface area contributed by atoms with Crippen molar-refractivity contribution in [3.05, 3.63) is 24.3 Å². The fraction of sp³-hybridized carbons (Fsp3) is 0.667. The molecular weight excluding hydrogens is 481 g/mol. The summed E-state index contributed by atoms with van der Waals surface area (Å²) in [6.07, 6.45) is 0. The number of nitrogens with zero attached hydrogens (tertiary/aromatic N) is 4. The van der Waals surface area contributed by atoms with Gasteiger partial charge in [-0.2, -0.15) is 0 Å². The van der Waals surface area contributed by atoms with Gasteiger partial charge in [0.15, 0.2) is 5.96 Å². The first-order valence-electron chi connectivity index (χ1n) is 10.3. The number of aliphatic imine (C=N–C) groups is 1. The molecule has 2 aliphatic heterocycles. The molecule has 1 unspecified atom stereocenters. The maximum absolute atomic E-state index is 5.44. The van der Waals surface area contributed by atoms with Crippen LogP contribution in [0.15, 0.2) is 29.3 Å². The predicted molar refractivity (Wildman–Crippen MR) is 130 cm³/mol. The monoisotopic (exact) mass is 517 g/mol. The van der Waals surface area contributed by atoms with E-state index in [0.717, 1.165) is 77.3 Å². The summed E-state index contributed by atoms with van der Waals surface area (Å²) >= 11 is 0. The lowest BCUT2D eigenvalue weighted by Crippen LogP contribution is -2.53. The summed E-state index contributed by atoms with van der Waals surface area (Å²) in [5.41, 5.74) is 1.22. The van der Waals surface area contributed by atoms with E-state index >= 15 is 0 Å². The van der Waals surface area contributed by atoms with Gasteiger partial charge in [-0.3, -0.25) is 9.89 Å². The van der Waals surface area contributed by atoms with E-state index in [1.54, 1.807) is 7.11 Å². The molecule has 1 aromatic rings. The highest BCUT2D eigenvalue weighted by atomic mass is 127. The van der Waals surface area contributed by atoms with Crippen LogP contribution in [0.1, 0.15) is 6.92 Å². The number of methoxy groups -OCH3 is 1. The minimum Gasteiger partial charge on any atom is -0.497 e. The van der Waals surface area contributed by atoms with E-state index < -0.39 is 0 Å². The molecule has 2 fully saturated rings. The number of guanidine groups is 1. The molecule has 1 aromatic carbocycles. The van der Waals surface area contributed by atoms with E-state index in [4.69, 9.17) is 9.47 Å². The zero-order valence-corrected chi connectivity index (χ0v) is 20.3. The van der Waals surface area contributed by atoms with Crippen molar-refractivity contribution in [1.82, 2.24) is 15.1 Å². The second-order valence-corrected chi connectivity index (χ2v) is 7.62. The Balaban J connectivity index is 0.00000300. The topological polar surface area (TPSA) is 52.6 Å². The Morgan fingerprint density at radius 3 is 2.55 bits per heavy atom. The van der Waals surface area contributed by atoms with Crippen LogP contribution >= 0.6 is 24.0 Å². The fourth-order valence-corrected chi connectivity index (χ4v) is 3.87. The molecule has 0 amide bonds. The third-order valence-corrected chi connectivity index (χ3v) is 5.49. The van der Waals surface area contributed by atoms with Crippen LogP contribution in [-0.4, -0.2) is 95.5 Å². The molecule has 2 aliphatic rings. The zero-order chi connectivity index (χ0) is 19.8. The minimum atomic E-state index is 0. The van der Waals surface area contributed by atoms with Gasteiger partial charge >= 0.3 is 0 Å². The molecule has 0 saturated carbocycles. The third-order valence-electron chi connectivity index (χ3n) is 5.49. The molecule has 3 rings (SSSR count). The van der Waals surface area contributed by atoms with Crippen molar-refractivity contribution in [1.29, 1.82) is 0 Å².